The first kappa shape index (κ1) is 13.2. The number of primary amides is 1. The number of hydrogen-bond acceptors (Lipinski definition) is 4. The van der Waals surface area contributed by atoms with Gasteiger partial charge in [-0.15, -0.1) is 5.73 Å². The Morgan fingerprint density at radius 1 is 1.60 bits per heavy atom. The summed E-state index contributed by atoms with van der Waals surface area (Å²) in [5.41, 5.74) is 9.26. The van der Waals surface area contributed by atoms with Crippen molar-refractivity contribution in [1.29, 1.82) is 0 Å². The molecule has 4 N–H and O–H groups in total. The Bertz CT molecular complexity index is 292. The third-order valence-corrected chi connectivity index (χ3v) is 1.38. The van der Waals surface area contributed by atoms with Gasteiger partial charge in [-0.3, -0.25) is 0 Å². The van der Waals surface area contributed by atoms with Gasteiger partial charge in [-0.1, -0.05) is 0 Å². The first-order valence-electron chi connectivity index (χ1n) is 4.37. The summed E-state index contributed by atoms with van der Waals surface area (Å²) in [4.78, 5) is 25.5. The van der Waals surface area contributed by atoms with E-state index in [9.17, 15) is 9.59 Å². The van der Waals surface area contributed by atoms with Crippen molar-refractivity contribution in [3.8, 4) is 0 Å². The van der Waals surface area contributed by atoms with Crippen LogP contribution in [0.1, 0.15) is 19.8 Å². The van der Waals surface area contributed by atoms with Crippen LogP contribution in [-0.4, -0.2) is 23.7 Å². The normalized spacial score (nSPS) is 8.67. The number of hydroxylamine groups is 1. The van der Waals surface area contributed by atoms with Gasteiger partial charge in [0.2, 0.25) is 0 Å². The zero-order valence-electron chi connectivity index (χ0n) is 8.45. The number of hydrogen-bond donors (Lipinski definition) is 3. The summed E-state index contributed by atoms with van der Waals surface area (Å²) in [5.74, 6) is -0.728. The van der Waals surface area contributed by atoms with Crippen LogP contribution in [0.4, 0.5) is 4.79 Å². The summed E-state index contributed by atoms with van der Waals surface area (Å²) in [6, 6.07) is -0.944. The Kier molecular flexibility index (Phi) is 6.70. The lowest BCUT2D eigenvalue weighted by Crippen LogP contribution is -2.31. The molecule has 0 bridgehead atoms. The van der Waals surface area contributed by atoms with Gasteiger partial charge in [0.15, 0.2) is 0 Å². The lowest BCUT2D eigenvalue weighted by atomic mass is 10.3. The molecule has 0 atom stereocenters. The standard InChI is InChI=1S/C9H14N2O4/c1-7(5-3-2-4-6-12)8(13)15-11-9(10)14/h3,12H,2,4,6H2,1H3,(H3,10,11,14). The van der Waals surface area contributed by atoms with Gasteiger partial charge in [0.1, 0.15) is 0 Å². The quantitative estimate of drug-likeness (QED) is 0.265. The van der Waals surface area contributed by atoms with Crippen molar-refractivity contribution in [3.63, 3.8) is 0 Å². The van der Waals surface area contributed by atoms with Gasteiger partial charge < -0.3 is 15.7 Å². The number of urea groups is 1. The fourth-order valence-corrected chi connectivity index (χ4v) is 0.651. The predicted octanol–water partition coefficient (Wildman–Crippen LogP) is -0.0132. The molecule has 0 saturated heterocycles. The molecule has 0 unspecified atom stereocenters. The summed E-state index contributed by atoms with van der Waals surface area (Å²) in [6.07, 6.45) is 2.83. The molecule has 6 heteroatoms. The van der Waals surface area contributed by atoms with E-state index in [1.54, 1.807) is 11.6 Å². The fraction of sp³-hybridized carbons (Fsp3) is 0.444. The van der Waals surface area contributed by atoms with Crippen LogP contribution in [0, 0.1) is 0 Å². The van der Waals surface area contributed by atoms with Gasteiger partial charge in [0.05, 0.1) is 5.57 Å². The molecule has 0 fully saturated rings. The molecular weight excluding hydrogens is 200 g/mol. The highest BCUT2D eigenvalue weighted by molar-refractivity contribution is 5.88. The maximum absolute atomic E-state index is 11.0. The summed E-state index contributed by atoms with van der Waals surface area (Å²) < 4.78 is 0. The Balaban J connectivity index is 4.06. The van der Waals surface area contributed by atoms with Crippen molar-refractivity contribution in [2.75, 3.05) is 6.61 Å². The Morgan fingerprint density at radius 3 is 2.80 bits per heavy atom. The smallest absolute Gasteiger partial charge is 0.366 e. The van der Waals surface area contributed by atoms with Crippen LogP contribution < -0.4 is 11.2 Å². The van der Waals surface area contributed by atoms with Crippen molar-refractivity contribution in [3.05, 3.63) is 17.4 Å². The second-order valence-electron chi connectivity index (χ2n) is 2.70. The zero-order chi connectivity index (χ0) is 11.7. The van der Waals surface area contributed by atoms with Crippen molar-refractivity contribution < 1.29 is 19.5 Å². The monoisotopic (exact) mass is 214 g/mol. The molecule has 0 aliphatic rings. The first-order chi connectivity index (χ1) is 7.07. The number of carbonyl (C=O) groups excluding carboxylic acids is 2. The average molecular weight is 214 g/mol. The Morgan fingerprint density at radius 2 is 2.27 bits per heavy atom. The third kappa shape index (κ3) is 7.30. The van der Waals surface area contributed by atoms with Gasteiger partial charge in [-0.2, -0.15) is 5.48 Å². The average Bonchev–Trinajstić information content (AvgIpc) is 2.20. The Labute approximate surface area is 87.4 Å². The van der Waals surface area contributed by atoms with E-state index >= 15 is 0 Å². The molecule has 0 aromatic rings. The van der Waals surface area contributed by atoms with Crippen LogP contribution in [0.3, 0.4) is 0 Å². The van der Waals surface area contributed by atoms with Crippen LogP contribution in [0.2, 0.25) is 0 Å². The summed E-state index contributed by atoms with van der Waals surface area (Å²) in [6.45, 7) is 1.57. The first-order valence-corrected chi connectivity index (χ1v) is 4.37. The summed E-state index contributed by atoms with van der Waals surface area (Å²) in [5, 5.41) is 8.48. The second-order valence-corrected chi connectivity index (χ2v) is 2.70. The predicted molar refractivity (Wildman–Crippen MR) is 52.4 cm³/mol. The fourth-order valence-electron chi connectivity index (χ4n) is 0.651. The highest BCUT2D eigenvalue weighted by atomic mass is 16.7. The molecule has 0 saturated carbocycles. The number of rotatable bonds is 4. The molecule has 15 heavy (non-hydrogen) atoms. The minimum absolute atomic E-state index is 0.0882. The van der Waals surface area contributed by atoms with Crippen LogP contribution in [-0.2, 0) is 9.63 Å². The van der Waals surface area contributed by atoms with E-state index in [1.807, 2.05) is 0 Å². The second kappa shape index (κ2) is 7.61. The largest absolute Gasteiger partial charge is 0.396 e. The number of carbonyl (C=O) groups is 2. The molecule has 0 aliphatic carbocycles. The van der Waals surface area contributed by atoms with Crippen molar-refractivity contribution in [2.45, 2.75) is 19.8 Å². The minimum atomic E-state index is -0.944. The lowest BCUT2D eigenvalue weighted by Gasteiger charge is -2.00. The summed E-state index contributed by atoms with van der Waals surface area (Å²) in [7, 11) is 0. The van der Waals surface area contributed by atoms with Crippen molar-refractivity contribution >= 4 is 12.0 Å². The van der Waals surface area contributed by atoms with Gasteiger partial charge in [0, 0.05) is 6.61 Å². The SMILES string of the molecule is CC(=C=CCCCO)C(=O)ONC(N)=O. The van der Waals surface area contributed by atoms with E-state index in [0.717, 1.165) is 0 Å². The zero-order valence-corrected chi connectivity index (χ0v) is 8.45. The van der Waals surface area contributed by atoms with Crippen LogP contribution in [0.5, 0.6) is 0 Å². The number of unbranched alkanes of at least 4 members (excludes halogenated alkanes) is 1. The maximum atomic E-state index is 11.0. The lowest BCUT2D eigenvalue weighted by molar-refractivity contribution is -0.143. The van der Waals surface area contributed by atoms with Crippen LogP contribution in [0.15, 0.2) is 17.4 Å². The highest BCUT2D eigenvalue weighted by Crippen LogP contribution is 1.94. The van der Waals surface area contributed by atoms with Crippen molar-refractivity contribution in [2.24, 2.45) is 5.73 Å². The molecular formula is C9H14N2O4. The van der Waals surface area contributed by atoms with E-state index in [-0.39, 0.29) is 12.2 Å². The van der Waals surface area contributed by atoms with E-state index in [4.69, 9.17) is 5.11 Å². The van der Waals surface area contributed by atoms with E-state index in [2.05, 4.69) is 16.3 Å². The summed E-state index contributed by atoms with van der Waals surface area (Å²) >= 11 is 0. The van der Waals surface area contributed by atoms with E-state index < -0.39 is 12.0 Å². The molecule has 0 aromatic heterocycles. The molecule has 2 amide bonds. The maximum Gasteiger partial charge on any atom is 0.366 e. The Hall–Kier alpha value is -1.78. The number of nitrogens with two attached hydrogens (primary N) is 1. The number of amides is 2. The molecule has 84 valence electrons. The molecule has 0 aromatic carbocycles. The minimum Gasteiger partial charge on any atom is -0.396 e. The van der Waals surface area contributed by atoms with Crippen LogP contribution in [0.25, 0.3) is 0 Å². The molecule has 0 heterocycles. The van der Waals surface area contributed by atoms with Gasteiger partial charge in [-0.05, 0) is 25.8 Å². The number of nitrogens with one attached hydrogen (secondary N) is 1. The molecule has 0 rings (SSSR count). The van der Waals surface area contributed by atoms with Gasteiger partial charge in [0.25, 0.3) is 0 Å². The molecule has 0 spiro atoms. The number of aliphatic hydroxyl groups is 1. The van der Waals surface area contributed by atoms with Crippen molar-refractivity contribution in [1.82, 2.24) is 5.48 Å². The van der Waals surface area contributed by atoms with Crippen LogP contribution >= 0.6 is 0 Å². The topological polar surface area (TPSA) is 102 Å². The third-order valence-electron chi connectivity index (χ3n) is 1.38. The molecule has 6 nitrogen and oxygen atoms in total. The number of aliphatic hydroxyl groups excluding tert-OH is 1. The highest BCUT2D eigenvalue weighted by Gasteiger charge is 2.05. The van der Waals surface area contributed by atoms with E-state index in [1.165, 1.54) is 6.92 Å². The molecule has 0 aliphatic heterocycles. The van der Waals surface area contributed by atoms with E-state index in [0.29, 0.717) is 12.8 Å². The molecule has 0 radical (unpaired) electrons. The van der Waals surface area contributed by atoms with Gasteiger partial charge >= 0.3 is 12.0 Å². The van der Waals surface area contributed by atoms with Gasteiger partial charge in [-0.25, -0.2) is 9.59 Å².